The van der Waals surface area contributed by atoms with Crippen molar-refractivity contribution in [1.29, 1.82) is 0 Å². The highest BCUT2D eigenvalue weighted by Gasteiger charge is 2.37. The lowest BCUT2D eigenvalue weighted by atomic mass is 9.86. The van der Waals surface area contributed by atoms with E-state index in [1.54, 1.807) is 0 Å². The molecule has 3 aromatic rings. The summed E-state index contributed by atoms with van der Waals surface area (Å²) in [6.45, 7) is 6.43. The Balaban J connectivity index is 1.63. The van der Waals surface area contributed by atoms with E-state index in [9.17, 15) is 9.59 Å². The minimum atomic E-state index is -0.618. The van der Waals surface area contributed by atoms with E-state index in [1.807, 2.05) is 69.3 Å². The van der Waals surface area contributed by atoms with Crippen molar-refractivity contribution < 1.29 is 14.4 Å². The molecule has 33 heavy (non-hydrogen) atoms. The van der Waals surface area contributed by atoms with E-state index < -0.39 is 5.60 Å². The minimum Gasteiger partial charge on any atom is -0.384 e. The van der Waals surface area contributed by atoms with Crippen molar-refractivity contribution in [3.05, 3.63) is 81.9 Å². The topological polar surface area (TPSA) is 67.8 Å². The molecule has 0 bridgehead atoms. The Bertz CT molecular complexity index is 1250. The maximum Gasteiger partial charge on any atom is 0.220 e. The second-order valence-corrected chi connectivity index (χ2v) is 9.07. The van der Waals surface area contributed by atoms with Crippen LogP contribution in [-0.2, 0) is 15.2 Å². The number of nitrogens with zero attached hydrogens (tertiary/aromatic N) is 1. The van der Waals surface area contributed by atoms with E-state index in [0.29, 0.717) is 23.6 Å². The number of aryl methyl sites for hydroxylation is 1. The predicted molar refractivity (Wildman–Crippen MR) is 132 cm³/mol. The Hall–Kier alpha value is -3.18. The summed E-state index contributed by atoms with van der Waals surface area (Å²) in [5, 5.41) is 9.63. The van der Waals surface area contributed by atoms with E-state index >= 15 is 0 Å². The number of carbonyl (C=O) groups excluding carboxylic acids is 2. The number of benzene rings is 3. The summed E-state index contributed by atoms with van der Waals surface area (Å²) in [4.78, 5) is 30.6. The lowest BCUT2D eigenvalue weighted by Crippen LogP contribution is -2.23. The number of hydrogen-bond donors (Lipinski definition) is 1. The first kappa shape index (κ1) is 23.0. The molecule has 1 heterocycles. The quantitative estimate of drug-likeness (QED) is 0.442. The van der Waals surface area contributed by atoms with Gasteiger partial charge in [0.15, 0.2) is 11.4 Å². The smallest absolute Gasteiger partial charge is 0.220 e. The molecule has 0 fully saturated rings. The molecule has 1 amide bonds. The zero-order valence-corrected chi connectivity index (χ0v) is 19.8. The molecule has 1 aliphatic rings. The zero-order valence-electron chi connectivity index (χ0n) is 19.1. The number of amides is 1. The molecular formula is C27H27ClN2O3. The van der Waals surface area contributed by atoms with Crippen molar-refractivity contribution in [3.63, 3.8) is 0 Å². The third-order valence-electron chi connectivity index (χ3n) is 6.00. The predicted octanol–water partition coefficient (Wildman–Crippen LogP) is 5.94. The Labute approximate surface area is 198 Å². The van der Waals surface area contributed by atoms with Crippen molar-refractivity contribution in [2.75, 3.05) is 6.54 Å². The number of carbonyl (C=O) groups is 2. The summed E-state index contributed by atoms with van der Waals surface area (Å²) in [6.07, 6.45) is 0.938. The highest BCUT2D eigenvalue weighted by molar-refractivity contribution is 6.30. The average Bonchev–Trinajstić information content (AvgIpc) is 3.19. The van der Waals surface area contributed by atoms with Crippen molar-refractivity contribution >= 4 is 39.8 Å². The van der Waals surface area contributed by atoms with Gasteiger partial charge in [0.2, 0.25) is 5.91 Å². The van der Waals surface area contributed by atoms with Gasteiger partial charge in [0.05, 0.1) is 5.71 Å². The van der Waals surface area contributed by atoms with E-state index in [4.69, 9.17) is 16.4 Å². The first-order chi connectivity index (χ1) is 15.8. The van der Waals surface area contributed by atoms with Gasteiger partial charge in [-0.05, 0) is 54.8 Å². The molecule has 5 nitrogen and oxygen atoms in total. The van der Waals surface area contributed by atoms with Gasteiger partial charge in [-0.25, -0.2) is 0 Å². The van der Waals surface area contributed by atoms with Crippen LogP contribution in [0.5, 0.6) is 0 Å². The van der Waals surface area contributed by atoms with E-state index in [2.05, 4.69) is 16.5 Å². The average molecular weight is 463 g/mol. The van der Waals surface area contributed by atoms with Crippen LogP contribution in [0.2, 0.25) is 5.02 Å². The molecule has 0 saturated heterocycles. The summed E-state index contributed by atoms with van der Waals surface area (Å²) < 4.78 is 0. The van der Waals surface area contributed by atoms with Crippen LogP contribution < -0.4 is 5.32 Å². The summed E-state index contributed by atoms with van der Waals surface area (Å²) >= 11 is 6.28. The standard InChI is InChI=1S/C27H27ClN2O3/c1-4-29-26(32)12-11-25(31)23-10-9-22(20-7-5-6-8-21(20)23)24-16-27(3,33-30-24)18-13-17(2)14-19(28)15-18/h5-10,13-15H,4,11-12,16H2,1-3H3,(H,29,32)/t27-/m0/s1. The third kappa shape index (κ3) is 4.79. The summed E-state index contributed by atoms with van der Waals surface area (Å²) in [7, 11) is 0. The van der Waals surface area contributed by atoms with E-state index in [0.717, 1.165) is 33.2 Å². The summed E-state index contributed by atoms with van der Waals surface area (Å²) in [5.41, 5.74) is 3.81. The van der Waals surface area contributed by atoms with Gasteiger partial charge in [-0.1, -0.05) is 59.2 Å². The molecule has 4 rings (SSSR count). The van der Waals surface area contributed by atoms with Crippen molar-refractivity contribution in [2.45, 2.75) is 45.6 Å². The highest BCUT2D eigenvalue weighted by atomic mass is 35.5. The molecule has 0 saturated carbocycles. The number of Topliss-reactive ketones (excluding diaryl/α,β-unsaturated/α-hetero) is 1. The molecule has 0 spiro atoms. The lowest BCUT2D eigenvalue weighted by molar-refractivity contribution is -0.120. The number of hydrogen-bond acceptors (Lipinski definition) is 4. The summed E-state index contributed by atoms with van der Waals surface area (Å²) in [5.74, 6) is -0.160. The SMILES string of the molecule is CCNC(=O)CCC(=O)c1ccc(C2=NO[C@](C)(c3cc(C)cc(Cl)c3)C2)c2ccccc12. The zero-order chi connectivity index (χ0) is 23.6. The van der Waals surface area contributed by atoms with Crippen molar-refractivity contribution in [3.8, 4) is 0 Å². The van der Waals surface area contributed by atoms with E-state index in [-0.39, 0.29) is 24.5 Å². The van der Waals surface area contributed by atoms with Gasteiger partial charge >= 0.3 is 0 Å². The van der Waals surface area contributed by atoms with Gasteiger partial charge in [0.1, 0.15) is 0 Å². The summed E-state index contributed by atoms with van der Waals surface area (Å²) in [6, 6.07) is 17.5. The number of fused-ring (bicyclic) bond motifs is 1. The van der Waals surface area contributed by atoms with Gasteiger partial charge in [0, 0.05) is 42.0 Å². The fourth-order valence-electron chi connectivity index (χ4n) is 4.32. The van der Waals surface area contributed by atoms with Crippen LogP contribution in [-0.4, -0.2) is 23.9 Å². The molecule has 6 heteroatoms. The van der Waals surface area contributed by atoms with E-state index in [1.165, 1.54) is 0 Å². The Morgan fingerprint density at radius 1 is 1.09 bits per heavy atom. The van der Waals surface area contributed by atoms with Gasteiger partial charge in [0.25, 0.3) is 0 Å². The monoisotopic (exact) mass is 462 g/mol. The molecule has 1 N–H and O–H groups in total. The fraction of sp³-hybridized carbons (Fsp3) is 0.296. The second-order valence-electron chi connectivity index (χ2n) is 8.64. The molecule has 0 radical (unpaired) electrons. The largest absolute Gasteiger partial charge is 0.384 e. The maximum absolute atomic E-state index is 12.9. The van der Waals surface area contributed by atoms with Crippen LogP contribution in [0, 0.1) is 6.92 Å². The van der Waals surface area contributed by atoms with Crippen LogP contribution in [0.4, 0.5) is 0 Å². The molecule has 0 aliphatic carbocycles. The van der Waals surface area contributed by atoms with Gasteiger partial charge in [-0.15, -0.1) is 0 Å². The first-order valence-corrected chi connectivity index (χ1v) is 11.5. The Kier molecular flexibility index (Phi) is 6.52. The minimum absolute atomic E-state index is 0.0483. The maximum atomic E-state index is 12.9. The Morgan fingerprint density at radius 2 is 1.85 bits per heavy atom. The molecule has 3 aromatic carbocycles. The number of oxime groups is 1. The second kappa shape index (κ2) is 9.36. The lowest BCUT2D eigenvalue weighted by Gasteiger charge is -2.22. The molecule has 0 aromatic heterocycles. The molecule has 0 unspecified atom stereocenters. The Morgan fingerprint density at radius 3 is 2.58 bits per heavy atom. The van der Waals surface area contributed by atoms with Crippen LogP contribution in [0.25, 0.3) is 10.8 Å². The highest BCUT2D eigenvalue weighted by Crippen LogP contribution is 2.39. The number of rotatable bonds is 7. The normalized spacial score (nSPS) is 17.5. The molecular weight excluding hydrogens is 436 g/mol. The van der Waals surface area contributed by atoms with Crippen LogP contribution in [0.1, 0.15) is 60.2 Å². The van der Waals surface area contributed by atoms with Crippen LogP contribution in [0.15, 0.2) is 59.8 Å². The van der Waals surface area contributed by atoms with Crippen molar-refractivity contribution in [1.82, 2.24) is 5.32 Å². The first-order valence-electron chi connectivity index (χ1n) is 11.2. The van der Waals surface area contributed by atoms with Crippen LogP contribution >= 0.6 is 11.6 Å². The number of nitrogens with one attached hydrogen (secondary N) is 1. The molecule has 1 aliphatic heterocycles. The fourth-order valence-corrected chi connectivity index (χ4v) is 4.61. The van der Waals surface area contributed by atoms with Gasteiger partial charge in [-0.2, -0.15) is 0 Å². The molecule has 170 valence electrons. The van der Waals surface area contributed by atoms with Gasteiger partial charge < -0.3 is 10.2 Å². The number of ketones is 1. The third-order valence-corrected chi connectivity index (χ3v) is 6.22. The number of halogens is 1. The van der Waals surface area contributed by atoms with Gasteiger partial charge in [-0.3, -0.25) is 9.59 Å². The molecule has 1 atom stereocenters. The van der Waals surface area contributed by atoms with Crippen molar-refractivity contribution in [2.24, 2.45) is 5.16 Å². The van der Waals surface area contributed by atoms with Crippen LogP contribution in [0.3, 0.4) is 0 Å².